The maximum Gasteiger partial charge on any atom is 0.117 e. The van der Waals surface area contributed by atoms with Gasteiger partial charge in [-0.1, -0.05) is 13.8 Å². The summed E-state index contributed by atoms with van der Waals surface area (Å²) < 4.78 is 11.0. The van der Waals surface area contributed by atoms with Gasteiger partial charge in [0.05, 0.1) is 18.9 Å². The lowest BCUT2D eigenvalue weighted by Gasteiger charge is -2.59. The molecular formula is C14H24N2O2. The van der Waals surface area contributed by atoms with Crippen molar-refractivity contribution in [2.24, 2.45) is 11.1 Å². The molecule has 3 N–H and O–H groups in total. The summed E-state index contributed by atoms with van der Waals surface area (Å²) in [7, 11) is 0. The van der Waals surface area contributed by atoms with Gasteiger partial charge in [0.1, 0.15) is 5.76 Å². The number of ether oxygens (including phenoxy) is 1. The fraction of sp³-hybridized carbons (Fsp3) is 0.714. The Morgan fingerprint density at radius 2 is 2.33 bits per heavy atom. The number of nitrogens with one attached hydrogen (secondary N) is 1. The third-order valence-corrected chi connectivity index (χ3v) is 4.33. The van der Waals surface area contributed by atoms with Crippen LogP contribution in [0.25, 0.3) is 0 Å². The highest BCUT2D eigenvalue weighted by Gasteiger charge is 2.58. The molecule has 0 aromatic carbocycles. The minimum Gasteiger partial charge on any atom is -0.468 e. The van der Waals surface area contributed by atoms with E-state index in [1.807, 2.05) is 19.1 Å². The summed E-state index contributed by atoms with van der Waals surface area (Å²) in [6.07, 6.45) is 2.88. The Labute approximate surface area is 109 Å². The van der Waals surface area contributed by atoms with E-state index in [1.54, 1.807) is 6.26 Å². The lowest BCUT2D eigenvalue weighted by atomic mass is 9.54. The fourth-order valence-electron chi connectivity index (χ4n) is 2.63. The fourth-order valence-corrected chi connectivity index (χ4v) is 2.63. The van der Waals surface area contributed by atoms with E-state index in [-0.39, 0.29) is 17.1 Å². The molecule has 0 spiro atoms. The highest BCUT2D eigenvalue weighted by Crippen LogP contribution is 2.49. The molecule has 1 aromatic rings. The van der Waals surface area contributed by atoms with E-state index in [2.05, 4.69) is 19.2 Å². The molecular weight excluding hydrogens is 228 g/mol. The van der Waals surface area contributed by atoms with E-state index in [0.29, 0.717) is 0 Å². The molecule has 18 heavy (non-hydrogen) atoms. The molecule has 0 saturated heterocycles. The summed E-state index contributed by atoms with van der Waals surface area (Å²) in [5.41, 5.74) is 6.29. The lowest BCUT2D eigenvalue weighted by molar-refractivity contribution is -0.148. The van der Waals surface area contributed by atoms with E-state index in [0.717, 1.165) is 31.9 Å². The van der Waals surface area contributed by atoms with Crippen LogP contribution >= 0.6 is 0 Å². The minimum atomic E-state index is -0.195. The molecule has 0 aliphatic heterocycles. The maximum absolute atomic E-state index is 6.47. The molecule has 1 heterocycles. The third-order valence-electron chi connectivity index (χ3n) is 4.33. The first-order valence-corrected chi connectivity index (χ1v) is 6.63. The summed E-state index contributed by atoms with van der Waals surface area (Å²) >= 11 is 0. The monoisotopic (exact) mass is 252 g/mol. The van der Waals surface area contributed by atoms with Crippen LogP contribution in [-0.4, -0.2) is 24.8 Å². The van der Waals surface area contributed by atoms with E-state index in [1.165, 1.54) is 0 Å². The van der Waals surface area contributed by atoms with Crippen LogP contribution in [0.15, 0.2) is 22.8 Å². The zero-order valence-corrected chi connectivity index (χ0v) is 11.5. The smallest absolute Gasteiger partial charge is 0.117 e. The third kappa shape index (κ3) is 2.32. The SMILES string of the molecule is CCOC1CC(N)(CNCc2ccco2)C1(C)C. The van der Waals surface area contributed by atoms with Crippen molar-refractivity contribution in [2.45, 2.75) is 45.4 Å². The summed E-state index contributed by atoms with van der Waals surface area (Å²) in [6, 6.07) is 3.86. The summed E-state index contributed by atoms with van der Waals surface area (Å²) in [5.74, 6) is 0.942. The predicted molar refractivity (Wildman–Crippen MR) is 71.1 cm³/mol. The molecule has 1 fully saturated rings. The van der Waals surface area contributed by atoms with Crippen LogP contribution in [-0.2, 0) is 11.3 Å². The first-order valence-electron chi connectivity index (χ1n) is 6.63. The molecule has 2 rings (SSSR count). The molecule has 0 bridgehead atoms. The molecule has 1 aromatic heterocycles. The molecule has 0 amide bonds. The number of hydrogen-bond acceptors (Lipinski definition) is 4. The van der Waals surface area contributed by atoms with Crippen molar-refractivity contribution >= 4 is 0 Å². The van der Waals surface area contributed by atoms with Crippen LogP contribution in [0.1, 0.15) is 33.0 Å². The second-order valence-electron chi connectivity index (χ2n) is 5.71. The normalized spacial score (nSPS) is 30.1. The van der Waals surface area contributed by atoms with Crippen LogP contribution in [0.2, 0.25) is 0 Å². The van der Waals surface area contributed by atoms with Gasteiger partial charge < -0.3 is 20.2 Å². The predicted octanol–water partition coefficient (Wildman–Crippen LogP) is 1.90. The van der Waals surface area contributed by atoms with Gasteiger partial charge in [-0.05, 0) is 25.5 Å². The summed E-state index contributed by atoms with van der Waals surface area (Å²) in [4.78, 5) is 0. The second-order valence-corrected chi connectivity index (χ2v) is 5.71. The van der Waals surface area contributed by atoms with Gasteiger partial charge in [-0.15, -0.1) is 0 Å². The first-order chi connectivity index (χ1) is 8.49. The first kappa shape index (κ1) is 13.6. The van der Waals surface area contributed by atoms with Crippen molar-refractivity contribution < 1.29 is 9.15 Å². The number of nitrogens with two attached hydrogens (primary N) is 1. The van der Waals surface area contributed by atoms with E-state index in [4.69, 9.17) is 14.9 Å². The number of furan rings is 1. The van der Waals surface area contributed by atoms with E-state index < -0.39 is 0 Å². The largest absolute Gasteiger partial charge is 0.468 e. The van der Waals surface area contributed by atoms with Gasteiger partial charge >= 0.3 is 0 Å². The Kier molecular flexibility index (Phi) is 3.80. The van der Waals surface area contributed by atoms with Crippen molar-refractivity contribution in [3.8, 4) is 0 Å². The van der Waals surface area contributed by atoms with Crippen LogP contribution in [0.5, 0.6) is 0 Å². The van der Waals surface area contributed by atoms with E-state index >= 15 is 0 Å². The molecule has 1 aliphatic rings. The maximum atomic E-state index is 6.47. The Hall–Kier alpha value is -0.840. The van der Waals surface area contributed by atoms with Crippen molar-refractivity contribution in [3.05, 3.63) is 24.2 Å². The van der Waals surface area contributed by atoms with Crippen LogP contribution in [0, 0.1) is 5.41 Å². The Bertz CT molecular complexity index is 375. The van der Waals surface area contributed by atoms with Gasteiger partial charge in [-0.25, -0.2) is 0 Å². The Morgan fingerprint density at radius 1 is 1.56 bits per heavy atom. The standard InChI is InChI=1S/C14H24N2O2/c1-4-17-12-8-14(15,13(12,2)3)10-16-9-11-6-5-7-18-11/h5-7,12,16H,4,8-10,15H2,1-3H3. The van der Waals surface area contributed by atoms with Gasteiger partial charge in [-0.3, -0.25) is 0 Å². The molecule has 4 heteroatoms. The van der Waals surface area contributed by atoms with Gasteiger partial charge in [0, 0.05) is 24.1 Å². The Morgan fingerprint density at radius 3 is 2.89 bits per heavy atom. The van der Waals surface area contributed by atoms with Crippen molar-refractivity contribution in [1.29, 1.82) is 0 Å². The number of rotatable bonds is 6. The summed E-state index contributed by atoms with van der Waals surface area (Å²) in [5, 5.41) is 3.37. The average molecular weight is 252 g/mol. The number of hydrogen-bond donors (Lipinski definition) is 2. The van der Waals surface area contributed by atoms with Gasteiger partial charge in [0.2, 0.25) is 0 Å². The molecule has 1 saturated carbocycles. The summed E-state index contributed by atoms with van der Waals surface area (Å²) in [6.45, 7) is 8.66. The highest BCUT2D eigenvalue weighted by atomic mass is 16.5. The molecule has 1 aliphatic carbocycles. The van der Waals surface area contributed by atoms with Crippen LogP contribution in [0.4, 0.5) is 0 Å². The minimum absolute atomic E-state index is 0.0131. The highest BCUT2D eigenvalue weighted by molar-refractivity contribution is 5.14. The van der Waals surface area contributed by atoms with Crippen molar-refractivity contribution in [3.63, 3.8) is 0 Å². The zero-order chi connectivity index (χ0) is 13.2. The van der Waals surface area contributed by atoms with Gasteiger partial charge in [-0.2, -0.15) is 0 Å². The van der Waals surface area contributed by atoms with E-state index in [9.17, 15) is 0 Å². The molecule has 2 atom stereocenters. The van der Waals surface area contributed by atoms with Crippen molar-refractivity contribution in [2.75, 3.05) is 13.2 Å². The van der Waals surface area contributed by atoms with Crippen LogP contribution in [0.3, 0.4) is 0 Å². The van der Waals surface area contributed by atoms with Gasteiger partial charge in [0.25, 0.3) is 0 Å². The topological polar surface area (TPSA) is 60.4 Å². The van der Waals surface area contributed by atoms with Crippen molar-refractivity contribution in [1.82, 2.24) is 5.32 Å². The van der Waals surface area contributed by atoms with Gasteiger partial charge in [0.15, 0.2) is 0 Å². The molecule has 102 valence electrons. The second kappa shape index (κ2) is 5.03. The zero-order valence-electron chi connectivity index (χ0n) is 11.5. The molecule has 0 radical (unpaired) electrons. The lowest BCUT2D eigenvalue weighted by Crippen LogP contribution is -2.73. The van der Waals surface area contributed by atoms with Crippen LogP contribution < -0.4 is 11.1 Å². The molecule has 2 unspecified atom stereocenters. The Balaban J connectivity index is 1.82. The average Bonchev–Trinajstić information content (AvgIpc) is 2.82. The molecule has 4 nitrogen and oxygen atoms in total. The quantitative estimate of drug-likeness (QED) is 0.812.